The number of hydrogen-bond acceptors (Lipinski definition) is 1. The second-order valence-corrected chi connectivity index (χ2v) is 5.14. The second-order valence-electron chi connectivity index (χ2n) is 5.14. The van der Waals surface area contributed by atoms with E-state index in [1.807, 2.05) is 54.6 Å². The largest absolute Gasteiger partial charge is 0.452 e. The molecule has 22 heavy (non-hydrogen) atoms. The first kappa shape index (κ1) is 12.7. The van der Waals surface area contributed by atoms with Crippen LogP contribution in [0.5, 0.6) is 0 Å². The van der Waals surface area contributed by atoms with Crippen LogP contribution >= 0.6 is 0 Å². The number of benzene rings is 2. The third-order valence-corrected chi connectivity index (χ3v) is 3.67. The summed E-state index contributed by atoms with van der Waals surface area (Å²) in [4.78, 5) is 3.42. The number of hydrogen-bond donors (Lipinski definition) is 1. The Morgan fingerprint density at radius 3 is 2.05 bits per heavy atom. The summed E-state index contributed by atoms with van der Waals surface area (Å²) in [6, 6.07) is 26.5. The minimum atomic E-state index is 0.825. The summed E-state index contributed by atoms with van der Waals surface area (Å²) >= 11 is 0. The molecule has 0 aliphatic rings. The van der Waals surface area contributed by atoms with E-state index >= 15 is 0 Å². The van der Waals surface area contributed by atoms with Crippen molar-refractivity contribution in [3.63, 3.8) is 0 Å². The SMILES string of the molecule is [c]1oc(-c2ccccc2)cc1-c1ccc(-c2ccccc2)[nH]1. The van der Waals surface area contributed by atoms with Gasteiger partial charge in [-0.15, -0.1) is 0 Å². The van der Waals surface area contributed by atoms with Gasteiger partial charge in [-0.25, -0.2) is 0 Å². The fourth-order valence-electron chi connectivity index (χ4n) is 2.52. The van der Waals surface area contributed by atoms with E-state index in [0.717, 1.165) is 28.3 Å². The Bertz CT molecular complexity index is 796. The minimum Gasteiger partial charge on any atom is -0.452 e. The first-order chi connectivity index (χ1) is 10.9. The molecule has 2 aromatic heterocycles. The van der Waals surface area contributed by atoms with Gasteiger partial charge >= 0.3 is 0 Å². The molecule has 0 fully saturated rings. The molecule has 2 aromatic carbocycles. The Balaban J connectivity index is 1.66. The van der Waals surface area contributed by atoms with Crippen LogP contribution in [0.2, 0.25) is 0 Å². The van der Waals surface area contributed by atoms with Gasteiger partial charge in [0.25, 0.3) is 0 Å². The van der Waals surface area contributed by atoms with Crippen molar-refractivity contribution < 1.29 is 4.42 Å². The highest BCUT2D eigenvalue weighted by molar-refractivity contribution is 5.71. The summed E-state index contributed by atoms with van der Waals surface area (Å²) in [5, 5.41) is 0. The number of H-pyrrole nitrogens is 1. The van der Waals surface area contributed by atoms with E-state index in [1.54, 1.807) is 0 Å². The molecular formula is C20H14NO. The van der Waals surface area contributed by atoms with Crippen LogP contribution in [0.1, 0.15) is 0 Å². The van der Waals surface area contributed by atoms with E-state index in [0.29, 0.717) is 0 Å². The molecule has 2 heterocycles. The zero-order valence-electron chi connectivity index (χ0n) is 11.9. The van der Waals surface area contributed by atoms with Crippen LogP contribution in [0.4, 0.5) is 0 Å². The van der Waals surface area contributed by atoms with Crippen LogP contribution in [0, 0.1) is 6.26 Å². The van der Waals surface area contributed by atoms with E-state index in [1.165, 1.54) is 5.56 Å². The summed E-state index contributed by atoms with van der Waals surface area (Å²) in [7, 11) is 0. The molecule has 4 rings (SSSR count). The Labute approximate surface area is 129 Å². The first-order valence-corrected chi connectivity index (χ1v) is 7.22. The molecule has 2 heteroatoms. The monoisotopic (exact) mass is 284 g/mol. The molecule has 0 amide bonds. The highest BCUT2D eigenvalue weighted by Crippen LogP contribution is 2.29. The van der Waals surface area contributed by atoms with E-state index in [4.69, 9.17) is 4.42 Å². The summed E-state index contributed by atoms with van der Waals surface area (Å²) in [6.45, 7) is 0. The lowest BCUT2D eigenvalue weighted by Crippen LogP contribution is -1.77. The molecule has 0 bridgehead atoms. The van der Waals surface area contributed by atoms with E-state index in [-0.39, 0.29) is 0 Å². The number of aromatic nitrogens is 1. The highest BCUT2D eigenvalue weighted by Gasteiger charge is 2.09. The fraction of sp³-hybridized carbons (Fsp3) is 0. The summed E-state index contributed by atoms with van der Waals surface area (Å²) in [6.07, 6.45) is 2.98. The smallest absolute Gasteiger partial charge is 0.180 e. The van der Waals surface area contributed by atoms with Crippen molar-refractivity contribution in [2.45, 2.75) is 0 Å². The van der Waals surface area contributed by atoms with E-state index in [9.17, 15) is 0 Å². The van der Waals surface area contributed by atoms with Gasteiger partial charge in [0, 0.05) is 22.5 Å². The van der Waals surface area contributed by atoms with Gasteiger partial charge in [0.2, 0.25) is 0 Å². The Kier molecular flexibility index (Phi) is 3.13. The van der Waals surface area contributed by atoms with Gasteiger partial charge < -0.3 is 9.40 Å². The lowest BCUT2D eigenvalue weighted by Gasteiger charge is -1.96. The topological polar surface area (TPSA) is 28.9 Å². The maximum Gasteiger partial charge on any atom is 0.180 e. The van der Waals surface area contributed by atoms with Crippen molar-refractivity contribution in [3.8, 4) is 33.8 Å². The van der Waals surface area contributed by atoms with Crippen LogP contribution in [0.25, 0.3) is 33.8 Å². The van der Waals surface area contributed by atoms with E-state index < -0.39 is 0 Å². The van der Waals surface area contributed by atoms with Gasteiger partial charge in [0.05, 0.1) is 0 Å². The molecule has 4 aromatic rings. The maximum atomic E-state index is 5.58. The Hall–Kier alpha value is -3.00. The average Bonchev–Trinajstić information content (AvgIpc) is 3.26. The molecule has 0 unspecified atom stereocenters. The molecule has 0 atom stereocenters. The molecule has 0 aliphatic heterocycles. The van der Waals surface area contributed by atoms with Crippen molar-refractivity contribution in [1.82, 2.24) is 4.98 Å². The number of rotatable bonds is 3. The molecule has 105 valence electrons. The lowest BCUT2D eigenvalue weighted by atomic mass is 10.1. The van der Waals surface area contributed by atoms with Crippen molar-refractivity contribution >= 4 is 0 Å². The van der Waals surface area contributed by atoms with Gasteiger partial charge in [0.15, 0.2) is 6.26 Å². The van der Waals surface area contributed by atoms with Crippen LogP contribution in [-0.2, 0) is 0 Å². The second kappa shape index (κ2) is 5.41. The molecule has 0 aliphatic carbocycles. The third kappa shape index (κ3) is 2.35. The molecule has 2 nitrogen and oxygen atoms in total. The lowest BCUT2D eigenvalue weighted by molar-refractivity contribution is 0.574. The number of aromatic amines is 1. The van der Waals surface area contributed by atoms with E-state index in [2.05, 4.69) is 35.5 Å². The van der Waals surface area contributed by atoms with Gasteiger partial charge in [-0.2, -0.15) is 0 Å². The van der Waals surface area contributed by atoms with Crippen LogP contribution in [0.15, 0.2) is 83.3 Å². The van der Waals surface area contributed by atoms with Crippen LogP contribution in [-0.4, -0.2) is 4.98 Å². The minimum absolute atomic E-state index is 0.825. The van der Waals surface area contributed by atoms with Gasteiger partial charge in [0.1, 0.15) is 5.76 Å². The predicted molar refractivity (Wildman–Crippen MR) is 88.2 cm³/mol. The predicted octanol–water partition coefficient (Wildman–Crippen LogP) is 5.41. The van der Waals surface area contributed by atoms with Gasteiger partial charge in [-0.3, -0.25) is 0 Å². The molecule has 0 spiro atoms. The van der Waals surface area contributed by atoms with Crippen molar-refractivity contribution in [1.29, 1.82) is 0 Å². The summed E-state index contributed by atoms with van der Waals surface area (Å²) in [5.74, 6) is 0.825. The van der Waals surface area contributed by atoms with Crippen molar-refractivity contribution in [3.05, 3.63) is 85.1 Å². The zero-order valence-corrected chi connectivity index (χ0v) is 11.9. The van der Waals surface area contributed by atoms with Crippen molar-refractivity contribution in [2.75, 3.05) is 0 Å². The fourth-order valence-corrected chi connectivity index (χ4v) is 2.52. The summed E-state index contributed by atoms with van der Waals surface area (Å²) < 4.78 is 5.58. The third-order valence-electron chi connectivity index (χ3n) is 3.67. The first-order valence-electron chi connectivity index (χ1n) is 7.22. The number of furan rings is 1. The summed E-state index contributed by atoms with van der Waals surface area (Å²) in [5.41, 5.74) is 5.25. The average molecular weight is 284 g/mol. The Morgan fingerprint density at radius 1 is 0.682 bits per heavy atom. The van der Waals surface area contributed by atoms with Crippen LogP contribution in [0.3, 0.4) is 0 Å². The standard InChI is InChI=1S/C20H14NO/c1-3-7-15(8-4-1)18-11-12-19(21-18)17-13-20(22-14-17)16-9-5-2-6-10-16/h1-13,21H. The zero-order chi connectivity index (χ0) is 14.8. The number of nitrogens with one attached hydrogen (secondary N) is 1. The molecule has 1 N–H and O–H groups in total. The maximum absolute atomic E-state index is 5.58. The quantitative estimate of drug-likeness (QED) is 0.535. The molecular weight excluding hydrogens is 270 g/mol. The van der Waals surface area contributed by atoms with Crippen LogP contribution < -0.4 is 0 Å². The van der Waals surface area contributed by atoms with Gasteiger partial charge in [-0.1, -0.05) is 60.7 Å². The molecule has 0 saturated carbocycles. The van der Waals surface area contributed by atoms with Gasteiger partial charge in [-0.05, 0) is 23.8 Å². The highest BCUT2D eigenvalue weighted by atomic mass is 16.3. The van der Waals surface area contributed by atoms with Crippen molar-refractivity contribution in [2.24, 2.45) is 0 Å². The Morgan fingerprint density at radius 2 is 1.32 bits per heavy atom. The normalized spacial score (nSPS) is 10.7. The molecule has 1 radical (unpaired) electrons. The molecule has 0 saturated heterocycles.